The molecule has 5 rings (SSSR count). The summed E-state index contributed by atoms with van der Waals surface area (Å²) >= 11 is 0. The molecule has 4 aromatic rings. The fourth-order valence-electron chi connectivity index (χ4n) is 4.50. The predicted octanol–water partition coefficient (Wildman–Crippen LogP) is 2.72. The lowest BCUT2D eigenvalue weighted by Gasteiger charge is -2.26. The van der Waals surface area contributed by atoms with Crippen LogP contribution in [0, 0.1) is 5.92 Å². The minimum Gasteiger partial charge on any atom is -0.328 e. The van der Waals surface area contributed by atoms with Gasteiger partial charge in [-0.3, -0.25) is 4.98 Å². The molecule has 0 atom stereocenters. The summed E-state index contributed by atoms with van der Waals surface area (Å²) in [6.07, 6.45) is 11.3. The minimum absolute atomic E-state index is 0.0456. The van der Waals surface area contributed by atoms with Crippen molar-refractivity contribution in [3.05, 3.63) is 66.7 Å². The largest absolute Gasteiger partial charge is 0.328 e. The van der Waals surface area contributed by atoms with Crippen LogP contribution in [0.5, 0.6) is 0 Å². The van der Waals surface area contributed by atoms with Gasteiger partial charge in [0.1, 0.15) is 0 Å². The third kappa shape index (κ3) is 5.31. The first-order chi connectivity index (χ1) is 16.9. The Bertz CT molecular complexity index is 1400. The molecule has 3 aromatic heterocycles. The van der Waals surface area contributed by atoms with Crippen LogP contribution in [0.3, 0.4) is 0 Å². The van der Waals surface area contributed by atoms with Crippen molar-refractivity contribution < 1.29 is 8.42 Å². The van der Waals surface area contributed by atoms with E-state index in [4.69, 9.17) is 15.9 Å². The van der Waals surface area contributed by atoms with Crippen molar-refractivity contribution in [2.75, 3.05) is 4.90 Å². The van der Waals surface area contributed by atoms with Crippen LogP contribution in [0.25, 0.3) is 11.0 Å². The quantitative estimate of drug-likeness (QED) is 0.400. The predicted molar refractivity (Wildman–Crippen MR) is 133 cm³/mol. The van der Waals surface area contributed by atoms with Crippen molar-refractivity contribution in [3.8, 4) is 0 Å². The summed E-state index contributed by atoms with van der Waals surface area (Å²) in [6, 6.07) is 10.5. The van der Waals surface area contributed by atoms with E-state index in [0.717, 1.165) is 54.5 Å². The molecule has 1 aromatic carbocycles. The normalized spacial score (nSPS) is 18.6. The summed E-state index contributed by atoms with van der Waals surface area (Å²) in [5, 5.41) is 10.7. The molecule has 0 radical (unpaired) electrons. The number of fused-ring (bicyclic) bond motifs is 1. The van der Waals surface area contributed by atoms with Gasteiger partial charge in [-0.25, -0.2) is 23.2 Å². The Hall–Kier alpha value is -3.41. The Balaban J connectivity index is 1.50. The smallest absolute Gasteiger partial charge is 0.238 e. The maximum Gasteiger partial charge on any atom is 0.238 e. The number of nitrogens with two attached hydrogens (primary N) is 2. The summed E-state index contributed by atoms with van der Waals surface area (Å²) in [7, 11) is -3.79. The Morgan fingerprint density at radius 2 is 1.80 bits per heavy atom. The van der Waals surface area contributed by atoms with Gasteiger partial charge in [0, 0.05) is 36.9 Å². The fourth-order valence-corrected chi connectivity index (χ4v) is 5.02. The molecule has 0 saturated heterocycles. The number of benzene rings is 1. The second-order valence-electron chi connectivity index (χ2n) is 9.04. The molecule has 3 heterocycles. The second-order valence-corrected chi connectivity index (χ2v) is 10.6. The first kappa shape index (κ1) is 23.3. The summed E-state index contributed by atoms with van der Waals surface area (Å²) in [5.74, 6) is 1.01. The lowest BCUT2D eigenvalue weighted by Crippen LogP contribution is -2.28. The number of sulfonamides is 1. The zero-order valence-electron chi connectivity index (χ0n) is 19.2. The van der Waals surface area contributed by atoms with Crippen molar-refractivity contribution >= 4 is 32.7 Å². The molecule has 0 spiro atoms. The lowest BCUT2D eigenvalue weighted by molar-refractivity contribution is 0.288. The van der Waals surface area contributed by atoms with E-state index in [1.165, 1.54) is 12.1 Å². The maximum absolute atomic E-state index is 11.7. The van der Waals surface area contributed by atoms with Crippen molar-refractivity contribution in [2.24, 2.45) is 16.8 Å². The zero-order valence-corrected chi connectivity index (χ0v) is 20.1. The third-order valence-electron chi connectivity index (χ3n) is 6.47. The second kappa shape index (κ2) is 9.68. The Labute approximate surface area is 204 Å². The topological polar surface area (TPSA) is 146 Å². The molecular formula is C24H28N8O2S. The van der Waals surface area contributed by atoms with E-state index in [1.54, 1.807) is 36.9 Å². The van der Waals surface area contributed by atoms with Crippen LogP contribution in [-0.4, -0.2) is 39.2 Å². The monoisotopic (exact) mass is 492 g/mol. The molecule has 4 N–H and O–H groups in total. The van der Waals surface area contributed by atoms with Crippen LogP contribution in [0.4, 0.5) is 11.6 Å². The van der Waals surface area contributed by atoms with Gasteiger partial charge in [0.25, 0.3) is 0 Å². The van der Waals surface area contributed by atoms with Gasteiger partial charge < -0.3 is 10.6 Å². The third-order valence-corrected chi connectivity index (χ3v) is 7.40. The van der Waals surface area contributed by atoms with E-state index in [2.05, 4.69) is 15.1 Å². The Kier molecular flexibility index (Phi) is 6.46. The molecule has 35 heavy (non-hydrogen) atoms. The highest BCUT2D eigenvalue weighted by molar-refractivity contribution is 7.89. The highest BCUT2D eigenvalue weighted by atomic mass is 32.2. The number of nitrogens with zero attached hydrogens (tertiary/aromatic N) is 6. The molecule has 0 unspecified atom stereocenters. The number of hydrogen-bond donors (Lipinski definition) is 2. The van der Waals surface area contributed by atoms with Gasteiger partial charge in [0.05, 0.1) is 23.0 Å². The molecule has 10 nitrogen and oxygen atoms in total. The van der Waals surface area contributed by atoms with E-state index in [-0.39, 0.29) is 4.90 Å². The summed E-state index contributed by atoms with van der Waals surface area (Å²) in [6.45, 7) is 1.24. The summed E-state index contributed by atoms with van der Waals surface area (Å²) < 4.78 is 25.4. The molecule has 1 saturated carbocycles. The molecule has 0 aliphatic heterocycles. The van der Waals surface area contributed by atoms with Crippen LogP contribution < -0.4 is 15.8 Å². The van der Waals surface area contributed by atoms with Crippen molar-refractivity contribution in [1.29, 1.82) is 0 Å². The van der Waals surface area contributed by atoms with Gasteiger partial charge in [-0.15, -0.1) is 0 Å². The maximum atomic E-state index is 11.7. The van der Waals surface area contributed by atoms with Crippen LogP contribution in [0.15, 0.2) is 66.1 Å². The van der Waals surface area contributed by atoms with Gasteiger partial charge >= 0.3 is 0 Å². The molecule has 0 bridgehead atoms. The van der Waals surface area contributed by atoms with Crippen molar-refractivity contribution in [1.82, 2.24) is 24.7 Å². The lowest BCUT2D eigenvalue weighted by atomic mass is 9.86. The van der Waals surface area contributed by atoms with Crippen LogP contribution in [0.2, 0.25) is 0 Å². The van der Waals surface area contributed by atoms with Crippen molar-refractivity contribution in [2.45, 2.75) is 49.7 Å². The van der Waals surface area contributed by atoms with E-state index < -0.39 is 10.0 Å². The van der Waals surface area contributed by atoms with Gasteiger partial charge in [-0.1, -0.05) is 6.07 Å². The van der Waals surface area contributed by atoms with E-state index in [9.17, 15) is 8.42 Å². The van der Waals surface area contributed by atoms with Crippen LogP contribution in [-0.2, 0) is 23.1 Å². The first-order valence-corrected chi connectivity index (χ1v) is 13.1. The summed E-state index contributed by atoms with van der Waals surface area (Å²) in [5.41, 5.74) is 8.53. The van der Waals surface area contributed by atoms with E-state index >= 15 is 0 Å². The van der Waals surface area contributed by atoms with Crippen LogP contribution >= 0.6 is 0 Å². The number of primary sulfonamides is 1. The number of aromatic nitrogens is 5. The average Bonchev–Trinajstić information content (AvgIpc) is 3.26. The zero-order chi connectivity index (χ0) is 24.4. The average molecular weight is 493 g/mol. The molecule has 11 heteroatoms. The minimum atomic E-state index is -3.79. The fraction of sp³-hybridized carbons (Fsp3) is 0.333. The molecule has 0 amide bonds. The molecular weight excluding hydrogens is 464 g/mol. The Morgan fingerprint density at radius 3 is 2.49 bits per heavy atom. The number of rotatable bonds is 7. The standard InChI is InChI=1S/C24H28N8O2S/c25-20-5-3-17(4-6-20)16-32-23-19(14-29-32)13-28-24(30-23)31(15-18-2-1-11-27-12-18)21-7-9-22(10-8-21)35(26,33)34/h1-2,7-14,17,20H,3-6,15-16,25H2,(H2,26,33,34). The molecule has 182 valence electrons. The SMILES string of the molecule is NC1CCC(Cn2ncc3cnc(N(Cc4cccnc4)c4ccc(S(N)(=O)=O)cc4)nc32)CC1. The molecule has 1 fully saturated rings. The highest BCUT2D eigenvalue weighted by Crippen LogP contribution is 2.29. The van der Waals surface area contributed by atoms with Gasteiger partial charge in [0.2, 0.25) is 16.0 Å². The van der Waals surface area contributed by atoms with E-state index in [0.29, 0.717) is 24.5 Å². The van der Waals surface area contributed by atoms with Gasteiger partial charge in [0.15, 0.2) is 5.65 Å². The van der Waals surface area contributed by atoms with Gasteiger partial charge in [-0.05, 0) is 67.5 Å². The number of anilines is 2. The highest BCUT2D eigenvalue weighted by Gasteiger charge is 2.21. The number of pyridine rings is 1. The van der Waals surface area contributed by atoms with Gasteiger partial charge in [-0.2, -0.15) is 10.1 Å². The summed E-state index contributed by atoms with van der Waals surface area (Å²) in [4.78, 5) is 15.7. The first-order valence-electron chi connectivity index (χ1n) is 11.6. The van der Waals surface area contributed by atoms with Crippen LogP contribution in [0.1, 0.15) is 31.2 Å². The molecule has 1 aliphatic rings. The molecule has 1 aliphatic carbocycles. The number of hydrogen-bond acceptors (Lipinski definition) is 8. The Morgan fingerprint density at radius 1 is 1.03 bits per heavy atom. The van der Waals surface area contributed by atoms with Crippen molar-refractivity contribution in [3.63, 3.8) is 0 Å². The van der Waals surface area contributed by atoms with E-state index in [1.807, 2.05) is 21.7 Å².